The molecule has 2 aliphatic carbocycles. The molecule has 2 fully saturated rings. The number of rotatable bonds is 11. The SMILES string of the molecule is CC(=O)CC1=C(C)C(OC(=O)C(O)C(C=C(C)C)NC(C)=O)CC(O)(C(OC(=O)c2ccccc2)C2C(C)CCC3OCC32O)C1(C)C.[Ac]. The van der Waals surface area contributed by atoms with Crippen LogP contribution in [0.1, 0.15) is 91.4 Å². The summed E-state index contributed by atoms with van der Waals surface area (Å²) in [6.07, 6.45) is -2.34. The van der Waals surface area contributed by atoms with E-state index in [0.717, 1.165) is 5.57 Å². The van der Waals surface area contributed by atoms with Crippen molar-refractivity contribution in [3.05, 3.63) is 58.7 Å². The first-order chi connectivity index (χ1) is 22.3. The van der Waals surface area contributed by atoms with Crippen molar-refractivity contribution in [2.24, 2.45) is 17.3 Å². The molecule has 1 aromatic rings. The largest absolute Gasteiger partial charge is 0.456 e. The number of aliphatic hydroxyl groups excluding tert-OH is 1. The van der Waals surface area contributed by atoms with Crippen molar-refractivity contribution in [3.8, 4) is 0 Å². The summed E-state index contributed by atoms with van der Waals surface area (Å²) in [5.41, 5.74) is -2.60. The zero-order valence-corrected chi connectivity index (χ0v) is 34.6. The van der Waals surface area contributed by atoms with Gasteiger partial charge in [-0.25, -0.2) is 9.59 Å². The van der Waals surface area contributed by atoms with Gasteiger partial charge in [0.05, 0.1) is 24.3 Å². The van der Waals surface area contributed by atoms with Crippen molar-refractivity contribution >= 4 is 23.6 Å². The molecule has 1 aliphatic heterocycles. The van der Waals surface area contributed by atoms with Crippen LogP contribution in [0.15, 0.2) is 53.1 Å². The van der Waals surface area contributed by atoms with E-state index in [0.29, 0.717) is 24.0 Å². The molecule has 4 rings (SSSR count). The number of Topliss-reactive ketones (excluding diaryl/α,β-unsaturated/α-hetero) is 1. The summed E-state index contributed by atoms with van der Waals surface area (Å²) in [4.78, 5) is 51.9. The number of ketones is 1. The second-order valence-electron chi connectivity index (χ2n) is 14.7. The fourth-order valence-electron chi connectivity index (χ4n) is 7.90. The number of allylic oxidation sites excluding steroid dienone is 1. The van der Waals surface area contributed by atoms with Crippen LogP contribution in [-0.4, -0.2) is 87.2 Å². The summed E-state index contributed by atoms with van der Waals surface area (Å²) in [6.45, 7) is 13.4. The molecule has 1 amide bonds. The Bertz CT molecular complexity index is 1470. The van der Waals surface area contributed by atoms with Crippen LogP contribution in [0.4, 0.5) is 0 Å². The second kappa shape index (κ2) is 16.2. The minimum atomic E-state index is -1.99. The van der Waals surface area contributed by atoms with Gasteiger partial charge in [0.15, 0.2) is 6.10 Å². The normalized spacial score (nSPS) is 30.6. The molecule has 9 atom stereocenters. The Hall–Kier alpha value is -1.94. The maximum Gasteiger partial charge on any atom is 0.338 e. The summed E-state index contributed by atoms with van der Waals surface area (Å²) in [7, 11) is 0. The molecule has 0 spiro atoms. The summed E-state index contributed by atoms with van der Waals surface area (Å²) in [5.74, 6) is -3.39. The quantitative estimate of drug-likeness (QED) is 0.191. The molecule has 267 valence electrons. The van der Waals surface area contributed by atoms with Crippen LogP contribution in [0.5, 0.6) is 0 Å². The van der Waals surface area contributed by atoms with Crippen LogP contribution in [0.3, 0.4) is 0 Å². The third-order valence-corrected chi connectivity index (χ3v) is 10.6. The molecular weight excluding hydrogens is 845 g/mol. The molecule has 1 heterocycles. The number of hydrogen-bond donors (Lipinski definition) is 4. The first kappa shape index (κ1) is 41.5. The molecule has 12 heteroatoms. The van der Waals surface area contributed by atoms with E-state index in [1.807, 2.05) is 6.92 Å². The third-order valence-electron chi connectivity index (χ3n) is 10.6. The molecule has 1 saturated carbocycles. The molecule has 49 heavy (non-hydrogen) atoms. The number of benzene rings is 1. The Morgan fingerprint density at radius 3 is 2.22 bits per heavy atom. The van der Waals surface area contributed by atoms with E-state index in [1.165, 1.54) is 13.8 Å². The van der Waals surface area contributed by atoms with Crippen LogP contribution in [0.25, 0.3) is 0 Å². The zero-order valence-electron chi connectivity index (χ0n) is 29.8. The average Bonchev–Trinajstić information content (AvgIpc) is 2.99. The fourth-order valence-corrected chi connectivity index (χ4v) is 7.90. The standard InChI is InChI=1S/C37H51NO10.Ac/c1-20(2)16-27(38-24(6)40)31(41)34(43)47-28-18-37(45,35(7,8)26(23(28)5)17-22(4)39)32(48-33(42)25-12-10-9-11-13-25)30-21(3)14-15-29-36(30,44)19-46-29;/h9-13,16,21,27-32,41,44-45H,14-15,17-19H2,1-8H3,(H,38,40);. The smallest absolute Gasteiger partial charge is 0.338 e. The number of hydrogen-bond acceptors (Lipinski definition) is 10. The topological polar surface area (TPSA) is 169 Å². The minimum absolute atomic E-state index is 0. The van der Waals surface area contributed by atoms with Gasteiger partial charge in [-0.1, -0.05) is 56.2 Å². The Labute approximate surface area is 324 Å². The van der Waals surface area contributed by atoms with Gasteiger partial charge in [0.1, 0.15) is 29.2 Å². The number of esters is 2. The van der Waals surface area contributed by atoms with Gasteiger partial charge in [0.25, 0.3) is 0 Å². The van der Waals surface area contributed by atoms with E-state index in [2.05, 4.69) is 5.32 Å². The van der Waals surface area contributed by atoms with E-state index in [-0.39, 0.29) is 80.8 Å². The molecule has 0 bridgehead atoms. The van der Waals surface area contributed by atoms with Crippen LogP contribution >= 0.6 is 0 Å². The summed E-state index contributed by atoms with van der Waals surface area (Å²) in [5, 5.41) is 38.8. The van der Waals surface area contributed by atoms with E-state index in [4.69, 9.17) is 14.2 Å². The Morgan fingerprint density at radius 1 is 1.06 bits per heavy atom. The van der Waals surface area contributed by atoms with Gasteiger partial charge < -0.3 is 34.8 Å². The molecule has 0 aromatic heterocycles. The average molecular weight is 897 g/mol. The van der Waals surface area contributed by atoms with Gasteiger partial charge in [-0.15, -0.1) is 0 Å². The van der Waals surface area contributed by atoms with Gasteiger partial charge >= 0.3 is 11.9 Å². The van der Waals surface area contributed by atoms with Gasteiger partial charge in [-0.05, 0) is 64.2 Å². The second-order valence-corrected chi connectivity index (χ2v) is 14.7. The van der Waals surface area contributed by atoms with Gasteiger partial charge in [0.2, 0.25) is 5.91 Å². The van der Waals surface area contributed by atoms with Crippen molar-refractivity contribution in [2.75, 3.05) is 6.61 Å². The number of carbonyl (C=O) groups is 4. The summed E-state index contributed by atoms with van der Waals surface area (Å²) in [6, 6.07) is 7.26. The summed E-state index contributed by atoms with van der Waals surface area (Å²) < 4.78 is 18.0. The Kier molecular flexibility index (Phi) is 13.7. The first-order valence-corrected chi connectivity index (χ1v) is 16.7. The number of nitrogens with one attached hydrogen (secondary N) is 1. The fraction of sp³-hybridized carbons (Fsp3) is 0.622. The molecule has 1 radical (unpaired) electrons. The van der Waals surface area contributed by atoms with E-state index in [9.17, 15) is 34.5 Å². The predicted octanol–water partition coefficient (Wildman–Crippen LogP) is 3.59. The number of ether oxygens (including phenoxy) is 3. The number of carbonyl (C=O) groups excluding carboxylic acids is 4. The molecule has 3 aliphatic rings. The van der Waals surface area contributed by atoms with Gasteiger partial charge in [0, 0.05) is 75.2 Å². The Morgan fingerprint density at radius 2 is 1.69 bits per heavy atom. The maximum atomic E-state index is 13.8. The van der Waals surface area contributed by atoms with Crippen molar-refractivity contribution in [3.63, 3.8) is 0 Å². The van der Waals surface area contributed by atoms with Crippen LogP contribution in [0, 0.1) is 61.3 Å². The minimum Gasteiger partial charge on any atom is -0.456 e. The predicted molar refractivity (Wildman–Crippen MR) is 176 cm³/mol. The van der Waals surface area contributed by atoms with Crippen molar-refractivity contribution in [2.45, 2.75) is 123 Å². The molecular formula is C37H51AcNO10. The molecule has 11 nitrogen and oxygen atoms in total. The Balaban J connectivity index is 0.00000650. The van der Waals surface area contributed by atoms with Crippen molar-refractivity contribution in [1.82, 2.24) is 5.32 Å². The molecule has 1 saturated heterocycles. The molecule has 4 N–H and O–H groups in total. The number of aliphatic hydroxyl groups is 3. The maximum absolute atomic E-state index is 13.8. The first-order valence-electron chi connectivity index (χ1n) is 16.7. The molecule has 1 aromatic carbocycles. The van der Waals surface area contributed by atoms with E-state index < -0.39 is 70.8 Å². The van der Waals surface area contributed by atoms with Crippen LogP contribution in [0.2, 0.25) is 0 Å². The van der Waals surface area contributed by atoms with Gasteiger partial charge in [-0.3, -0.25) is 9.59 Å². The number of amides is 1. The van der Waals surface area contributed by atoms with Crippen LogP contribution < -0.4 is 5.32 Å². The monoisotopic (exact) mass is 896 g/mol. The van der Waals surface area contributed by atoms with Crippen molar-refractivity contribution in [1.29, 1.82) is 0 Å². The molecule has 9 unspecified atom stereocenters. The summed E-state index contributed by atoms with van der Waals surface area (Å²) >= 11 is 0. The van der Waals surface area contributed by atoms with E-state index >= 15 is 0 Å². The third kappa shape index (κ3) is 8.42. The van der Waals surface area contributed by atoms with Gasteiger partial charge in [-0.2, -0.15) is 0 Å². The van der Waals surface area contributed by atoms with Crippen molar-refractivity contribution < 1.29 is 92.8 Å². The zero-order chi connectivity index (χ0) is 35.8. The van der Waals surface area contributed by atoms with Crippen LogP contribution in [-0.2, 0) is 28.6 Å². The number of fused-ring (bicyclic) bond motifs is 1. The van der Waals surface area contributed by atoms with E-state index in [1.54, 1.807) is 71.0 Å².